The van der Waals surface area contributed by atoms with Crippen molar-refractivity contribution in [2.75, 3.05) is 4.72 Å². The number of aryl methyl sites for hydroxylation is 2. The lowest BCUT2D eigenvalue weighted by Crippen LogP contribution is -2.12. The Morgan fingerprint density at radius 3 is 2.65 bits per heavy atom. The lowest BCUT2D eigenvalue weighted by molar-refractivity contribution is 0.0702. The van der Waals surface area contributed by atoms with Crippen LogP contribution in [0.5, 0.6) is 0 Å². The number of carboxylic acids is 1. The van der Waals surface area contributed by atoms with Crippen molar-refractivity contribution in [3.63, 3.8) is 0 Å². The number of benzene rings is 1. The molecule has 23 heavy (non-hydrogen) atoms. The predicted molar refractivity (Wildman–Crippen MR) is 87.8 cm³/mol. The fourth-order valence-corrected chi connectivity index (χ4v) is 4.35. The second-order valence-corrected chi connectivity index (χ2v) is 7.65. The third-order valence-electron chi connectivity index (χ3n) is 3.52. The van der Waals surface area contributed by atoms with Crippen molar-refractivity contribution in [3.05, 3.63) is 45.8 Å². The highest BCUT2D eigenvalue weighted by molar-refractivity contribution is 7.92. The van der Waals surface area contributed by atoms with E-state index in [2.05, 4.69) is 4.72 Å². The minimum Gasteiger partial charge on any atom is -0.477 e. The van der Waals surface area contributed by atoms with Crippen molar-refractivity contribution in [2.45, 2.75) is 18.7 Å². The predicted octanol–water partition coefficient (Wildman–Crippen LogP) is 3.61. The summed E-state index contributed by atoms with van der Waals surface area (Å²) in [6.07, 6.45) is 0. The summed E-state index contributed by atoms with van der Waals surface area (Å²) in [4.78, 5) is 10.8. The molecule has 1 aromatic carbocycles. The number of thiophene rings is 1. The highest BCUT2D eigenvalue weighted by Crippen LogP contribution is 2.29. The molecule has 6 nitrogen and oxygen atoms in total. The monoisotopic (exact) mass is 351 g/mol. The number of fused-ring (bicyclic) bond motifs is 1. The molecule has 2 heterocycles. The molecule has 0 unspecified atom stereocenters. The van der Waals surface area contributed by atoms with Crippen molar-refractivity contribution in [3.8, 4) is 0 Å². The average molecular weight is 351 g/mol. The van der Waals surface area contributed by atoms with Crippen LogP contribution in [0.2, 0.25) is 0 Å². The molecule has 0 radical (unpaired) electrons. The van der Waals surface area contributed by atoms with Crippen molar-refractivity contribution in [2.24, 2.45) is 0 Å². The van der Waals surface area contributed by atoms with Crippen molar-refractivity contribution in [1.82, 2.24) is 0 Å². The van der Waals surface area contributed by atoms with Gasteiger partial charge in [0.15, 0.2) is 0 Å². The quantitative estimate of drug-likeness (QED) is 0.748. The van der Waals surface area contributed by atoms with Crippen LogP contribution in [-0.4, -0.2) is 19.5 Å². The second kappa shape index (κ2) is 5.39. The van der Waals surface area contributed by atoms with E-state index in [1.54, 1.807) is 18.2 Å². The molecule has 0 bridgehead atoms. The molecular weight excluding hydrogens is 338 g/mol. The van der Waals surface area contributed by atoms with Gasteiger partial charge < -0.3 is 9.52 Å². The molecule has 0 aliphatic carbocycles. The molecule has 2 aromatic heterocycles. The Morgan fingerprint density at radius 2 is 2.00 bits per heavy atom. The van der Waals surface area contributed by atoms with E-state index in [0.717, 1.165) is 34.1 Å². The van der Waals surface area contributed by atoms with E-state index < -0.39 is 16.0 Å². The van der Waals surface area contributed by atoms with Crippen LogP contribution in [0, 0.1) is 13.8 Å². The van der Waals surface area contributed by atoms with Gasteiger partial charge in [-0.3, -0.25) is 4.72 Å². The van der Waals surface area contributed by atoms with Gasteiger partial charge in [0.1, 0.15) is 16.2 Å². The highest BCUT2D eigenvalue weighted by atomic mass is 32.2. The zero-order valence-electron chi connectivity index (χ0n) is 12.3. The van der Waals surface area contributed by atoms with Gasteiger partial charge >= 0.3 is 5.97 Å². The van der Waals surface area contributed by atoms with Crippen LogP contribution in [0.25, 0.3) is 11.0 Å². The highest BCUT2D eigenvalue weighted by Gasteiger charge is 2.19. The maximum atomic E-state index is 12.3. The Bertz CT molecular complexity index is 1010. The summed E-state index contributed by atoms with van der Waals surface area (Å²) >= 11 is 0.870. The maximum absolute atomic E-state index is 12.3. The summed E-state index contributed by atoms with van der Waals surface area (Å²) in [5, 5.41) is 11.0. The summed E-state index contributed by atoms with van der Waals surface area (Å²) in [6, 6.07) is 6.14. The molecule has 0 saturated heterocycles. The van der Waals surface area contributed by atoms with Crippen LogP contribution in [-0.2, 0) is 10.0 Å². The molecule has 3 aromatic rings. The number of hydrogen-bond donors (Lipinski definition) is 2. The molecule has 0 aliphatic rings. The Kier molecular flexibility index (Phi) is 3.65. The van der Waals surface area contributed by atoms with Gasteiger partial charge in [-0.25, -0.2) is 13.2 Å². The van der Waals surface area contributed by atoms with Gasteiger partial charge in [0, 0.05) is 16.5 Å². The van der Waals surface area contributed by atoms with E-state index in [0.29, 0.717) is 11.3 Å². The smallest absolute Gasteiger partial charge is 0.345 e. The summed E-state index contributed by atoms with van der Waals surface area (Å²) in [7, 11) is -3.83. The Hall–Kier alpha value is -2.32. The number of rotatable bonds is 4. The topological polar surface area (TPSA) is 96.6 Å². The number of hydrogen-bond acceptors (Lipinski definition) is 5. The van der Waals surface area contributed by atoms with E-state index in [-0.39, 0.29) is 9.77 Å². The molecule has 2 N–H and O–H groups in total. The summed E-state index contributed by atoms with van der Waals surface area (Å²) in [5.74, 6) is -0.369. The molecule has 0 aliphatic heterocycles. The number of furan rings is 1. The normalized spacial score (nSPS) is 11.7. The second-order valence-electron chi connectivity index (χ2n) is 5.05. The standard InChI is InChI=1S/C15H13NO5S2/c1-8-9(2)21-13-4-3-10(5-12(8)13)16-23(19,20)11-6-14(15(17)18)22-7-11/h3-7,16H,1-2H3,(H,17,18). The minimum absolute atomic E-state index is 0.0258. The summed E-state index contributed by atoms with van der Waals surface area (Å²) < 4.78 is 32.7. The number of sulfonamides is 1. The zero-order valence-corrected chi connectivity index (χ0v) is 13.9. The maximum Gasteiger partial charge on any atom is 0.345 e. The van der Waals surface area contributed by atoms with Gasteiger partial charge in [0.05, 0.1) is 4.90 Å². The minimum atomic E-state index is -3.83. The van der Waals surface area contributed by atoms with Crippen LogP contribution in [0.3, 0.4) is 0 Å². The lowest BCUT2D eigenvalue weighted by atomic mass is 10.1. The Labute approximate surface area is 136 Å². The Morgan fingerprint density at radius 1 is 1.26 bits per heavy atom. The summed E-state index contributed by atoms with van der Waals surface area (Å²) in [5.41, 5.74) is 2.03. The van der Waals surface area contributed by atoms with Crippen LogP contribution >= 0.6 is 11.3 Å². The first kappa shape index (κ1) is 15.6. The largest absolute Gasteiger partial charge is 0.477 e. The fraction of sp³-hybridized carbons (Fsp3) is 0.133. The number of anilines is 1. The fourth-order valence-electron chi connectivity index (χ4n) is 2.19. The average Bonchev–Trinajstić information content (AvgIpc) is 3.07. The molecule has 0 saturated carbocycles. The van der Waals surface area contributed by atoms with Crippen molar-refractivity contribution >= 4 is 44.0 Å². The lowest BCUT2D eigenvalue weighted by Gasteiger charge is -2.06. The van der Waals surface area contributed by atoms with Crippen molar-refractivity contribution in [1.29, 1.82) is 0 Å². The third kappa shape index (κ3) is 2.82. The van der Waals surface area contributed by atoms with E-state index >= 15 is 0 Å². The van der Waals surface area contributed by atoms with Gasteiger partial charge in [-0.15, -0.1) is 11.3 Å². The van der Waals surface area contributed by atoms with Crippen molar-refractivity contribution < 1.29 is 22.7 Å². The van der Waals surface area contributed by atoms with E-state index in [4.69, 9.17) is 9.52 Å². The molecule has 0 atom stereocenters. The van der Waals surface area contributed by atoms with Crippen LogP contribution in [0.4, 0.5) is 5.69 Å². The first-order valence-corrected chi connectivity index (χ1v) is 8.98. The molecule has 120 valence electrons. The van der Waals surface area contributed by atoms with Crippen LogP contribution < -0.4 is 4.72 Å². The van der Waals surface area contributed by atoms with Gasteiger partial charge in [0.2, 0.25) is 0 Å². The molecule has 8 heteroatoms. The van der Waals surface area contributed by atoms with Gasteiger partial charge in [-0.05, 0) is 43.7 Å². The van der Waals surface area contributed by atoms with Gasteiger partial charge in [-0.1, -0.05) is 0 Å². The number of aromatic carboxylic acids is 1. The molecule has 3 rings (SSSR count). The SMILES string of the molecule is Cc1oc2ccc(NS(=O)(=O)c3csc(C(=O)O)c3)cc2c1C. The number of carboxylic acid groups (broad SMARTS) is 1. The van der Waals surface area contributed by atoms with Gasteiger partial charge in [-0.2, -0.15) is 0 Å². The molecular formula is C15H13NO5S2. The van der Waals surface area contributed by atoms with Crippen LogP contribution in [0.15, 0.2) is 39.0 Å². The summed E-state index contributed by atoms with van der Waals surface area (Å²) in [6.45, 7) is 3.75. The van der Waals surface area contributed by atoms with E-state index in [9.17, 15) is 13.2 Å². The van der Waals surface area contributed by atoms with E-state index in [1.807, 2.05) is 13.8 Å². The third-order valence-corrected chi connectivity index (χ3v) is 5.95. The zero-order chi connectivity index (χ0) is 16.8. The Balaban J connectivity index is 1.96. The van der Waals surface area contributed by atoms with Crippen LogP contribution in [0.1, 0.15) is 21.0 Å². The molecule has 0 amide bonds. The first-order valence-electron chi connectivity index (χ1n) is 6.62. The number of carbonyl (C=O) groups is 1. The molecule has 0 fully saturated rings. The van der Waals surface area contributed by atoms with Gasteiger partial charge in [0.25, 0.3) is 10.0 Å². The van der Waals surface area contributed by atoms with E-state index in [1.165, 1.54) is 5.38 Å². The number of nitrogens with one attached hydrogen (secondary N) is 1. The molecule has 0 spiro atoms. The first-order chi connectivity index (χ1) is 10.8.